The van der Waals surface area contributed by atoms with Crippen LogP contribution in [0.5, 0.6) is 0 Å². The Balaban J connectivity index is 3.27. The minimum atomic E-state index is 1.00. The van der Waals surface area contributed by atoms with E-state index in [1.54, 1.807) is 6.20 Å². The van der Waals surface area contributed by atoms with Gasteiger partial charge in [0.1, 0.15) is 0 Å². The SMILES string of the molecule is CC/C=C\N=C=S. The first kappa shape index (κ1) is 6.54. The third-order valence-corrected chi connectivity index (χ3v) is 0.574. The lowest BCUT2D eigenvalue weighted by atomic mass is 10.5. The lowest BCUT2D eigenvalue weighted by molar-refractivity contribution is 1.21. The number of isothiocyanates is 1. The first-order valence-corrected chi connectivity index (χ1v) is 2.54. The normalized spacial score (nSPS) is 8.71. The molecule has 0 aromatic heterocycles. The van der Waals surface area contributed by atoms with Crippen LogP contribution in [0.15, 0.2) is 17.3 Å². The van der Waals surface area contributed by atoms with E-state index < -0.39 is 0 Å². The van der Waals surface area contributed by atoms with E-state index in [4.69, 9.17) is 0 Å². The fraction of sp³-hybridized carbons (Fsp3) is 0.400. The number of nitrogens with zero attached hydrogens (tertiary/aromatic N) is 1. The summed E-state index contributed by atoms with van der Waals surface area (Å²) in [5.41, 5.74) is 0. The largest absolute Gasteiger partial charge is 0.203 e. The summed E-state index contributed by atoms with van der Waals surface area (Å²) in [6, 6.07) is 0. The fourth-order valence-electron chi connectivity index (χ4n) is 0.189. The topological polar surface area (TPSA) is 12.4 Å². The smallest absolute Gasteiger partial charge is 0.0634 e. The minimum absolute atomic E-state index is 1.00. The van der Waals surface area contributed by atoms with Crippen LogP contribution in [-0.2, 0) is 0 Å². The van der Waals surface area contributed by atoms with Crippen molar-refractivity contribution in [1.82, 2.24) is 0 Å². The molecule has 0 saturated heterocycles. The van der Waals surface area contributed by atoms with Gasteiger partial charge in [-0.2, -0.15) is 0 Å². The van der Waals surface area contributed by atoms with Gasteiger partial charge in [0.2, 0.25) is 0 Å². The second kappa shape index (κ2) is 5.54. The third kappa shape index (κ3) is 5.54. The van der Waals surface area contributed by atoms with Gasteiger partial charge in [-0.25, -0.2) is 4.99 Å². The van der Waals surface area contributed by atoms with Gasteiger partial charge in [0.15, 0.2) is 0 Å². The average molecular weight is 113 g/mol. The molecule has 0 N–H and O–H groups in total. The molecule has 1 nitrogen and oxygen atoms in total. The molecular formula is C5H7NS. The summed E-state index contributed by atoms with van der Waals surface area (Å²) in [5.74, 6) is 0. The average Bonchev–Trinajstić information content (AvgIpc) is 1.69. The van der Waals surface area contributed by atoms with E-state index in [1.807, 2.05) is 13.0 Å². The van der Waals surface area contributed by atoms with Gasteiger partial charge in [-0.15, -0.1) is 0 Å². The maximum absolute atomic E-state index is 4.30. The van der Waals surface area contributed by atoms with Crippen LogP contribution in [-0.4, -0.2) is 5.16 Å². The molecule has 0 aromatic carbocycles. The highest BCUT2D eigenvalue weighted by Gasteiger charge is 1.57. The number of rotatable bonds is 2. The van der Waals surface area contributed by atoms with Crippen LogP contribution in [0.3, 0.4) is 0 Å². The first-order chi connectivity index (χ1) is 3.41. The Labute approximate surface area is 48.8 Å². The highest BCUT2D eigenvalue weighted by atomic mass is 32.1. The highest BCUT2D eigenvalue weighted by molar-refractivity contribution is 7.78. The van der Waals surface area contributed by atoms with Crippen LogP contribution in [0.1, 0.15) is 13.3 Å². The summed E-state index contributed by atoms with van der Waals surface area (Å²) < 4.78 is 0. The molecular weight excluding hydrogens is 106 g/mol. The van der Waals surface area contributed by atoms with Crippen LogP contribution < -0.4 is 0 Å². The van der Waals surface area contributed by atoms with Crippen molar-refractivity contribution >= 4 is 17.4 Å². The summed E-state index contributed by atoms with van der Waals surface area (Å²) in [6.07, 6.45) is 4.56. The molecule has 0 radical (unpaired) electrons. The van der Waals surface area contributed by atoms with Gasteiger partial charge in [0.05, 0.1) is 5.16 Å². The predicted molar refractivity (Wildman–Crippen MR) is 34.5 cm³/mol. The zero-order valence-corrected chi connectivity index (χ0v) is 5.03. The maximum atomic E-state index is 4.30. The number of allylic oxidation sites excluding steroid dienone is 1. The molecule has 0 amide bonds. The highest BCUT2D eigenvalue weighted by Crippen LogP contribution is 1.77. The molecule has 0 unspecified atom stereocenters. The van der Waals surface area contributed by atoms with E-state index in [9.17, 15) is 0 Å². The van der Waals surface area contributed by atoms with Gasteiger partial charge >= 0.3 is 0 Å². The summed E-state index contributed by atoms with van der Waals surface area (Å²) in [6.45, 7) is 2.04. The van der Waals surface area contributed by atoms with E-state index in [0.29, 0.717) is 0 Å². The predicted octanol–water partition coefficient (Wildman–Crippen LogP) is 2.01. The van der Waals surface area contributed by atoms with Crippen LogP contribution in [0.2, 0.25) is 0 Å². The molecule has 38 valence electrons. The number of aliphatic imine (C=N–C) groups is 1. The van der Waals surface area contributed by atoms with E-state index in [2.05, 4.69) is 22.4 Å². The van der Waals surface area contributed by atoms with Gasteiger partial charge in [-0.1, -0.05) is 13.0 Å². The molecule has 0 saturated carbocycles. The van der Waals surface area contributed by atoms with Crippen molar-refractivity contribution < 1.29 is 0 Å². The Hall–Kier alpha value is -0.460. The Kier molecular flexibility index (Phi) is 5.18. The molecule has 0 fully saturated rings. The zero-order valence-electron chi connectivity index (χ0n) is 4.22. The Bertz CT molecular complexity index is 101. The maximum Gasteiger partial charge on any atom is 0.0634 e. The molecule has 0 aliphatic rings. The van der Waals surface area contributed by atoms with Crippen molar-refractivity contribution in [2.75, 3.05) is 0 Å². The van der Waals surface area contributed by atoms with Crippen LogP contribution >= 0.6 is 12.2 Å². The van der Waals surface area contributed by atoms with Crippen molar-refractivity contribution in [1.29, 1.82) is 0 Å². The molecule has 7 heavy (non-hydrogen) atoms. The number of hydrogen-bond acceptors (Lipinski definition) is 2. The zero-order chi connectivity index (χ0) is 5.54. The van der Waals surface area contributed by atoms with Gasteiger partial charge in [-0.05, 0) is 18.6 Å². The van der Waals surface area contributed by atoms with Crippen molar-refractivity contribution in [3.63, 3.8) is 0 Å². The molecule has 0 heterocycles. The number of thiocarbonyl (C=S) groups is 1. The quantitative estimate of drug-likeness (QED) is 0.394. The van der Waals surface area contributed by atoms with Crippen LogP contribution in [0.25, 0.3) is 0 Å². The van der Waals surface area contributed by atoms with Crippen molar-refractivity contribution in [2.24, 2.45) is 4.99 Å². The summed E-state index contributed by atoms with van der Waals surface area (Å²) >= 11 is 4.30. The van der Waals surface area contributed by atoms with Crippen molar-refractivity contribution in [3.8, 4) is 0 Å². The molecule has 2 heteroatoms. The molecule has 0 spiro atoms. The fourth-order valence-corrected chi connectivity index (χ4v) is 0.249. The van der Waals surface area contributed by atoms with Crippen molar-refractivity contribution in [3.05, 3.63) is 12.3 Å². The summed E-state index contributed by atoms with van der Waals surface area (Å²) in [5, 5.41) is 2.22. The van der Waals surface area contributed by atoms with E-state index in [0.717, 1.165) is 6.42 Å². The second-order valence-electron chi connectivity index (χ2n) is 1.01. The summed E-state index contributed by atoms with van der Waals surface area (Å²) in [7, 11) is 0. The second-order valence-corrected chi connectivity index (χ2v) is 1.20. The third-order valence-electron chi connectivity index (χ3n) is 0.468. The monoisotopic (exact) mass is 113 g/mol. The van der Waals surface area contributed by atoms with Crippen LogP contribution in [0, 0.1) is 0 Å². The van der Waals surface area contributed by atoms with Gasteiger partial charge < -0.3 is 0 Å². The van der Waals surface area contributed by atoms with Gasteiger partial charge in [0.25, 0.3) is 0 Å². The van der Waals surface area contributed by atoms with Crippen LogP contribution in [0.4, 0.5) is 0 Å². The van der Waals surface area contributed by atoms with E-state index in [-0.39, 0.29) is 0 Å². The Morgan fingerprint density at radius 2 is 2.57 bits per heavy atom. The van der Waals surface area contributed by atoms with Gasteiger partial charge in [-0.3, -0.25) is 0 Å². The molecule has 0 rings (SSSR count). The van der Waals surface area contributed by atoms with E-state index >= 15 is 0 Å². The molecule has 0 bridgehead atoms. The van der Waals surface area contributed by atoms with E-state index in [1.165, 1.54) is 0 Å². The Morgan fingerprint density at radius 1 is 1.86 bits per heavy atom. The molecule has 0 aliphatic heterocycles. The molecule has 0 atom stereocenters. The number of hydrogen-bond donors (Lipinski definition) is 0. The lowest BCUT2D eigenvalue weighted by Crippen LogP contribution is -1.48. The standard InChI is InChI=1S/C5H7NS/c1-2-3-4-6-5-7/h3-4H,2H2,1H3/b4-3-. The molecule has 0 aliphatic carbocycles. The van der Waals surface area contributed by atoms with Gasteiger partial charge in [0, 0.05) is 6.20 Å². The Morgan fingerprint density at radius 3 is 3.00 bits per heavy atom. The lowest BCUT2D eigenvalue weighted by Gasteiger charge is -1.67. The van der Waals surface area contributed by atoms with Crippen molar-refractivity contribution in [2.45, 2.75) is 13.3 Å². The minimum Gasteiger partial charge on any atom is -0.203 e. The first-order valence-electron chi connectivity index (χ1n) is 2.13. The molecule has 0 aromatic rings. The summed E-state index contributed by atoms with van der Waals surface area (Å²) in [4.78, 5) is 3.55.